The van der Waals surface area contributed by atoms with Crippen LogP contribution in [-0.4, -0.2) is 21.6 Å². The van der Waals surface area contributed by atoms with Crippen molar-refractivity contribution in [1.29, 1.82) is 0 Å². The Morgan fingerprint density at radius 1 is 1.03 bits per heavy atom. The molecule has 1 amide bonds. The van der Waals surface area contributed by atoms with Gasteiger partial charge in [0.1, 0.15) is 11.6 Å². The van der Waals surface area contributed by atoms with E-state index in [2.05, 4.69) is 9.97 Å². The maximum atomic E-state index is 13.6. The number of thiazole rings is 1. The van der Waals surface area contributed by atoms with Gasteiger partial charge in [0, 0.05) is 23.3 Å². The van der Waals surface area contributed by atoms with Crippen LogP contribution in [0.5, 0.6) is 0 Å². The molecule has 0 saturated heterocycles. The molecule has 4 nitrogen and oxygen atoms in total. The highest BCUT2D eigenvalue weighted by Gasteiger charge is 2.20. The number of carbonyl (C=O) groups excluding carboxylic acids is 1. The van der Waals surface area contributed by atoms with Crippen molar-refractivity contribution in [1.82, 2.24) is 9.97 Å². The summed E-state index contributed by atoms with van der Waals surface area (Å²) in [5.41, 5.74) is 1.39. The minimum atomic E-state index is -0.337. The van der Waals surface area contributed by atoms with Gasteiger partial charge in [-0.15, -0.1) is 11.8 Å². The molecule has 0 fully saturated rings. The number of aromatic nitrogens is 2. The molecule has 0 unspecified atom stereocenters. The first-order chi connectivity index (χ1) is 14.6. The van der Waals surface area contributed by atoms with Gasteiger partial charge < -0.3 is 0 Å². The third-order valence-electron chi connectivity index (χ3n) is 4.32. The van der Waals surface area contributed by atoms with Crippen molar-refractivity contribution in [2.75, 3.05) is 10.7 Å². The fourth-order valence-electron chi connectivity index (χ4n) is 2.84. The van der Waals surface area contributed by atoms with Crippen molar-refractivity contribution in [2.24, 2.45) is 0 Å². The van der Waals surface area contributed by atoms with E-state index in [0.29, 0.717) is 21.1 Å². The minimum Gasteiger partial charge on any atom is -0.282 e. The molecule has 0 aliphatic rings. The molecule has 152 valence electrons. The number of amides is 1. The van der Waals surface area contributed by atoms with Gasteiger partial charge in [0.15, 0.2) is 5.13 Å². The smallest absolute Gasteiger partial charge is 0.229 e. The van der Waals surface area contributed by atoms with Crippen molar-refractivity contribution in [3.8, 4) is 0 Å². The maximum absolute atomic E-state index is 13.6. The second-order valence-corrected chi connectivity index (χ2v) is 8.64. The molecule has 30 heavy (non-hydrogen) atoms. The van der Waals surface area contributed by atoms with Gasteiger partial charge in [-0.1, -0.05) is 17.4 Å². The van der Waals surface area contributed by atoms with Gasteiger partial charge >= 0.3 is 0 Å². The fraction of sp³-hybridized carbons (Fsp3) is 0.136. The van der Waals surface area contributed by atoms with Crippen LogP contribution in [-0.2, 0) is 11.3 Å². The summed E-state index contributed by atoms with van der Waals surface area (Å²) < 4.78 is 27.3. The van der Waals surface area contributed by atoms with Gasteiger partial charge in [-0.2, -0.15) is 0 Å². The van der Waals surface area contributed by atoms with E-state index in [4.69, 9.17) is 0 Å². The van der Waals surface area contributed by atoms with Crippen LogP contribution in [0, 0.1) is 11.6 Å². The quantitative estimate of drug-likeness (QED) is 0.346. The summed E-state index contributed by atoms with van der Waals surface area (Å²) in [5.74, 6) is -0.182. The molecule has 0 spiro atoms. The van der Waals surface area contributed by atoms with E-state index in [-0.39, 0.29) is 30.5 Å². The number of hydrogen-bond donors (Lipinski definition) is 0. The fourth-order valence-corrected chi connectivity index (χ4v) is 4.69. The average molecular weight is 442 g/mol. The Hall–Kier alpha value is -2.84. The average Bonchev–Trinajstić information content (AvgIpc) is 3.17. The lowest BCUT2D eigenvalue weighted by atomic mass is 10.3. The van der Waals surface area contributed by atoms with Crippen LogP contribution in [0.1, 0.15) is 12.1 Å². The number of halogens is 2. The minimum absolute atomic E-state index is 0.102. The largest absolute Gasteiger partial charge is 0.282 e. The zero-order valence-electron chi connectivity index (χ0n) is 15.8. The van der Waals surface area contributed by atoms with Crippen LogP contribution >= 0.6 is 23.1 Å². The van der Waals surface area contributed by atoms with Crippen molar-refractivity contribution in [3.63, 3.8) is 0 Å². The molecular formula is C22H17F2N3OS2. The second-order valence-electron chi connectivity index (χ2n) is 6.46. The number of anilines is 1. The standard InChI is InChI=1S/C22H17F2N3OS2/c23-15-4-7-18(8-5-15)29-12-10-21(28)27(14-17-3-1-2-11-25-17)22-26-19-9-6-16(24)13-20(19)30-22/h1-9,11,13H,10,12,14H2. The molecular weight excluding hydrogens is 424 g/mol. The molecule has 2 heterocycles. The predicted molar refractivity (Wildman–Crippen MR) is 117 cm³/mol. The summed E-state index contributed by atoms with van der Waals surface area (Å²) in [4.78, 5) is 24.4. The van der Waals surface area contributed by atoms with Gasteiger partial charge in [-0.25, -0.2) is 13.8 Å². The Labute approximate surface area is 180 Å². The zero-order chi connectivity index (χ0) is 20.9. The predicted octanol–water partition coefficient (Wildman–Crippen LogP) is 5.69. The number of fused-ring (bicyclic) bond motifs is 1. The molecule has 0 bridgehead atoms. The number of benzene rings is 2. The van der Waals surface area contributed by atoms with Crippen LogP contribution in [0.3, 0.4) is 0 Å². The molecule has 2 aromatic heterocycles. The van der Waals surface area contributed by atoms with Crippen molar-refractivity contribution >= 4 is 44.4 Å². The third-order valence-corrected chi connectivity index (χ3v) is 6.37. The molecule has 0 N–H and O–H groups in total. The first-order valence-electron chi connectivity index (χ1n) is 9.23. The maximum Gasteiger partial charge on any atom is 0.229 e. The lowest BCUT2D eigenvalue weighted by Crippen LogP contribution is -2.30. The SMILES string of the molecule is O=C(CCSc1ccc(F)cc1)N(Cc1ccccn1)c1nc2ccc(F)cc2s1. The van der Waals surface area contributed by atoms with Gasteiger partial charge in [0.05, 0.1) is 22.5 Å². The number of pyridine rings is 1. The highest BCUT2D eigenvalue weighted by molar-refractivity contribution is 7.99. The van der Waals surface area contributed by atoms with Gasteiger partial charge in [-0.05, 0) is 54.6 Å². The van der Waals surface area contributed by atoms with E-state index < -0.39 is 0 Å². The Morgan fingerprint density at radius 3 is 2.60 bits per heavy atom. The van der Waals surface area contributed by atoms with E-state index >= 15 is 0 Å². The van der Waals surface area contributed by atoms with Crippen LogP contribution in [0.15, 0.2) is 71.8 Å². The number of carbonyl (C=O) groups is 1. The molecule has 8 heteroatoms. The van der Waals surface area contributed by atoms with Crippen LogP contribution in [0.25, 0.3) is 10.2 Å². The summed E-state index contributed by atoms with van der Waals surface area (Å²) in [7, 11) is 0. The van der Waals surface area contributed by atoms with Crippen molar-refractivity contribution in [3.05, 3.63) is 84.2 Å². The number of nitrogens with zero attached hydrogens (tertiary/aromatic N) is 3. The first kappa shape index (κ1) is 20.4. The van der Waals surface area contributed by atoms with E-state index in [0.717, 1.165) is 10.6 Å². The van der Waals surface area contributed by atoms with Crippen molar-refractivity contribution < 1.29 is 13.6 Å². The zero-order valence-corrected chi connectivity index (χ0v) is 17.4. The van der Waals surface area contributed by atoms with Gasteiger partial charge in [0.25, 0.3) is 0 Å². The lowest BCUT2D eigenvalue weighted by molar-refractivity contribution is -0.118. The topological polar surface area (TPSA) is 46.1 Å². The third kappa shape index (κ3) is 5.01. The molecule has 0 aliphatic heterocycles. The Kier molecular flexibility index (Phi) is 6.35. The summed E-state index contributed by atoms with van der Waals surface area (Å²) in [6, 6.07) is 16.1. The number of hydrogen-bond acceptors (Lipinski definition) is 5. The Morgan fingerprint density at radius 2 is 1.83 bits per heavy atom. The van der Waals surface area contributed by atoms with Gasteiger partial charge in [0.2, 0.25) is 5.91 Å². The summed E-state index contributed by atoms with van der Waals surface area (Å²) in [5, 5.41) is 0.512. The highest BCUT2D eigenvalue weighted by atomic mass is 32.2. The van der Waals surface area contributed by atoms with Crippen LogP contribution < -0.4 is 4.90 Å². The normalized spacial score (nSPS) is 11.0. The molecule has 4 rings (SSSR count). The molecule has 0 aliphatic carbocycles. The van der Waals surface area contributed by atoms with Crippen molar-refractivity contribution in [2.45, 2.75) is 17.9 Å². The van der Waals surface area contributed by atoms with Gasteiger partial charge in [-0.3, -0.25) is 14.7 Å². The molecule has 0 saturated carbocycles. The van der Waals surface area contributed by atoms with E-state index in [1.807, 2.05) is 18.2 Å². The lowest BCUT2D eigenvalue weighted by Gasteiger charge is -2.19. The Bertz CT molecular complexity index is 1150. The molecule has 2 aromatic carbocycles. The molecule has 4 aromatic rings. The second kappa shape index (κ2) is 9.32. The summed E-state index contributed by atoms with van der Waals surface area (Å²) in [6.45, 7) is 0.281. The Balaban J connectivity index is 1.52. The molecule has 0 radical (unpaired) electrons. The number of thioether (sulfide) groups is 1. The van der Waals surface area contributed by atoms with E-state index in [9.17, 15) is 13.6 Å². The summed E-state index contributed by atoms with van der Waals surface area (Å²) >= 11 is 2.76. The van der Waals surface area contributed by atoms with Crippen LogP contribution in [0.2, 0.25) is 0 Å². The summed E-state index contributed by atoms with van der Waals surface area (Å²) in [6.07, 6.45) is 1.95. The monoisotopic (exact) mass is 441 g/mol. The highest BCUT2D eigenvalue weighted by Crippen LogP contribution is 2.31. The van der Waals surface area contributed by atoms with Crippen LogP contribution in [0.4, 0.5) is 13.9 Å². The first-order valence-corrected chi connectivity index (χ1v) is 11.0. The molecule has 0 atom stereocenters. The van der Waals surface area contributed by atoms with E-state index in [1.165, 1.54) is 47.4 Å². The number of rotatable bonds is 7. The van der Waals surface area contributed by atoms with E-state index in [1.54, 1.807) is 29.3 Å².